The highest BCUT2D eigenvalue weighted by atomic mass is 79.9. The molecule has 2 aromatic rings. The highest BCUT2D eigenvalue weighted by Gasteiger charge is 2.12. The summed E-state index contributed by atoms with van der Waals surface area (Å²) in [5, 5.41) is 7.94. The maximum Gasteiger partial charge on any atom is 0.0624 e. The predicted octanol–water partition coefficient (Wildman–Crippen LogP) is 3.67. The van der Waals surface area contributed by atoms with Gasteiger partial charge in [-0.1, -0.05) is 19.1 Å². The predicted molar refractivity (Wildman–Crippen MR) is 94.0 cm³/mol. The molecule has 114 valence electrons. The van der Waals surface area contributed by atoms with E-state index >= 15 is 0 Å². The number of nitrogens with one attached hydrogen (secondary N) is 1. The monoisotopic (exact) mass is 367 g/mol. The fourth-order valence-corrected chi connectivity index (χ4v) is 3.86. The molecule has 0 amide bonds. The molecule has 2 rings (SSSR count). The van der Waals surface area contributed by atoms with E-state index in [9.17, 15) is 0 Å². The van der Waals surface area contributed by atoms with Crippen molar-refractivity contribution in [1.29, 1.82) is 0 Å². The summed E-state index contributed by atoms with van der Waals surface area (Å²) in [6.07, 6.45) is 1.99. The molecule has 5 heteroatoms. The van der Waals surface area contributed by atoms with Crippen LogP contribution >= 0.6 is 27.7 Å². The van der Waals surface area contributed by atoms with Gasteiger partial charge in [-0.15, -0.1) is 11.8 Å². The van der Waals surface area contributed by atoms with E-state index in [1.165, 1.54) is 20.8 Å². The molecular formula is C16H22BrN3S. The molecule has 0 bridgehead atoms. The van der Waals surface area contributed by atoms with E-state index in [-0.39, 0.29) is 0 Å². The fourth-order valence-electron chi connectivity index (χ4n) is 2.18. The highest BCUT2D eigenvalue weighted by molar-refractivity contribution is 9.10. The third-order valence-corrected chi connectivity index (χ3v) is 5.72. The lowest BCUT2D eigenvalue weighted by Gasteiger charge is -2.16. The van der Waals surface area contributed by atoms with E-state index in [0.717, 1.165) is 18.6 Å². The lowest BCUT2D eigenvalue weighted by atomic mass is 10.1. The van der Waals surface area contributed by atoms with Crippen molar-refractivity contribution in [2.75, 3.05) is 12.8 Å². The Kier molecular flexibility index (Phi) is 6.33. The third-order valence-electron chi connectivity index (χ3n) is 3.53. The third kappa shape index (κ3) is 4.59. The van der Waals surface area contributed by atoms with E-state index in [1.807, 2.05) is 36.6 Å². The largest absolute Gasteiger partial charge is 0.316 e. The first kappa shape index (κ1) is 16.6. The smallest absolute Gasteiger partial charge is 0.0624 e. The summed E-state index contributed by atoms with van der Waals surface area (Å²) in [5.41, 5.74) is 2.46. The van der Waals surface area contributed by atoms with Crippen molar-refractivity contribution in [3.05, 3.63) is 46.2 Å². The van der Waals surface area contributed by atoms with Crippen molar-refractivity contribution in [2.24, 2.45) is 7.05 Å². The van der Waals surface area contributed by atoms with Crippen LogP contribution in [0.4, 0.5) is 0 Å². The number of aromatic nitrogens is 2. The van der Waals surface area contributed by atoms with Gasteiger partial charge in [0.25, 0.3) is 0 Å². The van der Waals surface area contributed by atoms with Gasteiger partial charge in [-0.3, -0.25) is 4.68 Å². The summed E-state index contributed by atoms with van der Waals surface area (Å²) < 4.78 is 3.17. The van der Waals surface area contributed by atoms with Gasteiger partial charge in [0, 0.05) is 40.3 Å². The quantitative estimate of drug-likeness (QED) is 0.757. The van der Waals surface area contributed by atoms with Gasteiger partial charge < -0.3 is 5.32 Å². The van der Waals surface area contributed by atoms with Gasteiger partial charge in [-0.05, 0) is 47.6 Å². The molecule has 0 aliphatic carbocycles. The molecule has 1 atom stereocenters. The number of hydrogen-bond donors (Lipinski definition) is 1. The SMILES string of the molecule is CCc1cc(CC(CSc2ccccc2Br)NC)n(C)n1. The van der Waals surface area contributed by atoms with Crippen molar-refractivity contribution in [3.8, 4) is 0 Å². The molecule has 0 saturated carbocycles. The number of nitrogens with zero attached hydrogens (tertiary/aromatic N) is 2. The van der Waals surface area contributed by atoms with Crippen molar-refractivity contribution < 1.29 is 0 Å². The van der Waals surface area contributed by atoms with Crippen molar-refractivity contribution in [2.45, 2.75) is 30.7 Å². The van der Waals surface area contributed by atoms with Crippen LogP contribution < -0.4 is 5.32 Å². The van der Waals surface area contributed by atoms with E-state index in [4.69, 9.17) is 0 Å². The molecule has 3 nitrogen and oxygen atoms in total. The highest BCUT2D eigenvalue weighted by Crippen LogP contribution is 2.27. The summed E-state index contributed by atoms with van der Waals surface area (Å²) in [6, 6.07) is 11.0. The van der Waals surface area contributed by atoms with Gasteiger partial charge in [-0.2, -0.15) is 5.10 Å². The molecule has 21 heavy (non-hydrogen) atoms. The van der Waals surface area contributed by atoms with Crippen LogP contribution in [-0.2, 0) is 19.9 Å². The van der Waals surface area contributed by atoms with Crippen molar-refractivity contribution >= 4 is 27.7 Å². The number of benzene rings is 1. The Morgan fingerprint density at radius 1 is 1.38 bits per heavy atom. The number of aryl methyl sites for hydroxylation is 2. The minimum atomic E-state index is 0.433. The zero-order valence-corrected chi connectivity index (χ0v) is 15.2. The molecule has 0 saturated heterocycles. The van der Waals surface area contributed by atoms with E-state index in [0.29, 0.717) is 6.04 Å². The first-order valence-corrected chi connectivity index (χ1v) is 8.98. The second kappa shape index (κ2) is 8.01. The number of thioether (sulfide) groups is 1. The maximum absolute atomic E-state index is 4.52. The molecule has 1 aromatic carbocycles. The van der Waals surface area contributed by atoms with Crippen molar-refractivity contribution in [1.82, 2.24) is 15.1 Å². The number of hydrogen-bond acceptors (Lipinski definition) is 3. The first-order valence-electron chi connectivity index (χ1n) is 7.20. The zero-order chi connectivity index (χ0) is 15.2. The Hall–Kier alpha value is -0.780. The topological polar surface area (TPSA) is 29.9 Å². The van der Waals surface area contributed by atoms with Crippen LogP contribution in [-0.4, -0.2) is 28.6 Å². The summed E-state index contributed by atoms with van der Waals surface area (Å²) in [6.45, 7) is 2.14. The van der Waals surface area contributed by atoms with Crippen LogP contribution in [0.3, 0.4) is 0 Å². The van der Waals surface area contributed by atoms with E-state index in [1.54, 1.807) is 0 Å². The van der Waals surface area contributed by atoms with E-state index in [2.05, 4.69) is 57.5 Å². The molecule has 1 unspecified atom stereocenters. The van der Waals surface area contributed by atoms with Crippen LogP contribution in [0.1, 0.15) is 18.3 Å². The average Bonchev–Trinajstić information content (AvgIpc) is 2.85. The molecule has 0 radical (unpaired) electrons. The summed E-state index contributed by atoms with van der Waals surface area (Å²) in [5.74, 6) is 1.03. The van der Waals surface area contributed by atoms with Gasteiger partial charge in [-0.25, -0.2) is 0 Å². The molecule has 0 aliphatic rings. The molecule has 1 aromatic heterocycles. The van der Waals surface area contributed by atoms with E-state index < -0.39 is 0 Å². The molecule has 0 aliphatic heterocycles. The molecule has 0 fully saturated rings. The second-order valence-electron chi connectivity index (χ2n) is 5.04. The minimum absolute atomic E-state index is 0.433. The summed E-state index contributed by atoms with van der Waals surface area (Å²) in [4.78, 5) is 1.29. The normalized spacial score (nSPS) is 12.6. The lowest BCUT2D eigenvalue weighted by Crippen LogP contribution is -2.30. The Morgan fingerprint density at radius 3 is 2.76 bits per heavy atom. The van der Waals surface area contributed by atoms with Crippen LogP contribution in [0.2, 0.25) is 0 Å². The van der Waals surface area contributed by atoms with Crippen LogP contribution in [0.5, 0.6) is 0 Å². The van der Waals surface area contributed by atoms with Gasteiger partial charge in [0.1, 0.15) is 0 Å². The molecular weight excluding hydrogens is 346 g/mol. The van der Waals surface area contributed by atoms with Gasteiger partial charge in [0.15, 0.2) is 0 Å². The Bertz CT molecular complexity index is 583. The van der Waals surface area contributed by atoms with Gasteiger partial charge in [0.2, 0.25) is 0 Å². The summed E-state index contributed by atoms with van der Waals surface area (Å²) >= 11 is 5.48. The molecule has 0 spiro atoms. The lowest BCUT2D eigenvalue weighted by molar-refractivity contribution is 0.581. The van der Waals surface area contributed by atoms with Crippen LogP contribution in [0, 0.1) is 0 Å². The first-order chi connectivity index (χ1) is 10.1. The van der Waals surface area contributed by atoms with Crippen LogP contribution in [0.15, 0.2) is 39.7 Å². The Labute approximate surface area is 139 Å². The average molecular weight is 368 g/mol. The second-order valence-corrected chi connectivity index (χ2v) is 6.95. The Balaban J connectivity index is 1.97. The fraction of sp³-hybridized carbons (Fsp3) is 0.438. The standard InChI is InChI=1S/C16H22BrN3S/c1-4-12-9-14(20(3)19-12)10-13(18-2)11-21-16-8-6-5-7-15(16)17/h5-9,13,18H,4,10-11H2,1-3H3. The Morgan fingerprint density at radius 2 is 2.14 bits per heavy atom. The maximum atomic E-state index is 4.52. The summed E-state index contributed by atoms with van der Waals surface area (Å²) in [7, 11) is 4.06. The molecule has 1 N–H and O–H groups in total. The van der Waals surface area contributed by atoms with Gasteiger partial charge in [0.05, 0.1) is 5.69 Å². The number of halogens is 1. The number of rotatable bonds is 7. The number of likely N-dealkylation sites (N-methyl/N-ethyl adjacent to an activating group) is 1. The zero-order valence-electron chi connectivity index (χ0n) is 12.8. The van der Waals surface area contributed by atoms with Crippen molar-refractivity contribution in [3.63, 3.8) is 0 Å². The van der Waals surface area contributed by atoms with Gasteiger partial charge >= 0.3 is 0 Å². The molecule has 1 heterocycles. The minimum Gasteiger partial charge on any atom is -0.316 e. The van der Waals surface area contributed by atoms with Crippen LogP contribution in [0.25, 0.3) is 0 Å².